The van der Waals surface area contributed by atoms with Crippen LogP contribution in [0.2, 0.25) is 0 Å². The standard InChI is InChI=1S/C14H13F3N2/c15-14(16,17)13(12-8-4-5-9-18-12)19-10-11-6-2-1-3-7-11/h1-9,13,19H,10H2. The van der Waals surface area contributed by atoms with Crippen LogP contribution < -0.4 is 5.32 Å². The molecule has 1 aromatic heterocycles. The van der Waals surface area contributed by atoms with E-state index in [0.717, 1.165) is 5.56 Å². The van der Waals surface area contributed by atoms with Gasteiger partial charge >= 0.3 is 6.18 Å². The summed E-state index contributed by atoms with van der Waals surface area (Å²) in [5, 5.41) is 2.50. The smallest absolute Gasteiger partial charge is 0.297 e. The number of hydrogen-bond acceptors (Lipinski definition) is 2. The van der Waals surface area contributed by atoms with E-state index in [1.54, 1.807) is 36.4 Å². The lowest BCUT2D eigenvalue weighted by atomic mass is 10.1. The van der Waals surface area contributed by atoms with Crippen molar-refractivity contribution in [2.24, 2.45) is 0 Å². The number of benzene rings is 1. The topological polar surface area (TPSA) is 24.9 Å². The number of hydrogen-bond donors (Lipinski definition) is 1. The Bertz CT molecular complexity index is 497. The fourth-order valence-electron chi connectivity index (χ4n) is 1.75. The highest BCUT2D eigenvalue weighted by molar-refractivity contribution is 5.16. The zero-order chi connectivity index (χ0) is 13.7. The Morgan fingerprint density at radius 1 is 1.00 bits per heavy atom. The Kier molecular flexibility index (Phi) is 4.16. The van der Waals surface area contributed by atoms with Gasteiger partial charge in [-0.1, -0.05) is 36.4 Å². The molecule has 0 saturated heterocycles. The van der Waals surface area contributed by atoms with E-state index >= 15 is 0 Å². The van der Waals surface area contributed by atoms with Gasteiger partial charge < -0.3 is 0 Å². The van der Waals surface area contributed by atoms with Gasteiger partial charge in [-0.2, -0.15) is 13.2 Å². The highest BCUT2D eigenvalue weighted by atomic mass is 19.4. The number of aromatic nitrogens is 1. The minimum absolute atomic E-state index is 0.0223. The number of pyridine rings is 1. The second kappa shape index (κ2) is 5.84. The van der Waals surface area contributed by atoms with Crippen molar-refractivity contribution in [2.45, 2.75) is 18.8 Å². The van der Waals surface area contributed by atoms with Gasteiger partial charge in [0.1, 0.15) is 6.04 Å². The van der Waals surface area contributed by atoms with E-state index in [0.29, 0.717) is 0 Å². The summed E-state index contributed by atoms with van der Waals surface area (Å²) in [5.74, 6) is 0. The molecule has 1 aromatic carbocycles. The summed E-state index contributed by atoms with van der Waals surface area (Å²) in [6.07, 6.45) is -3.01. The average molecular weight is 266 g/mol. The van der Waals surface area contributed by atoms with Crippen molar-refractivity contribution in [1.82, 2.24) is 10.3 Å². The van der Waals surface area contributed by atoms with Crippen LogP contribution in [0.5, 0.6) is 0 Å². The molecule has 19 heavy (non-hydrogen) atoms. The summed E-state index contributed by atoms with van der Waals surface area (Å²) in [6, 6.07) is 11.7. The molecule has 1 atom stereocenters. The number of alkyl halides is 3. The molecule has 1 N–H and O–H groups in total. The second-order valence-electron chi connectivity index (χ2n) is 4.10. The fourth-order valence-corrected chi connectivity index (χ4v) is 1.75. The van der Waals surface area contributed by atoms with E-state index in [2.05, 4.69) is 10.3 Å². The first-order valence-electron chi connectivity index (χ1n) is 5.82. The molecule has 1 unspecified atom stereocenters. The molecule has 0 amide bonds. The van der Waals surface area contributed by atoms with Crippen LogP contribution in [0.25, 0.3) is 0 Å². The molecular weight excluding hydrogens is 253 g/mol. The monoisotopic (exact) mass is 266 g/mol. The Morgan fingerprint density at radius 2 is 1.68 bits per heavy atom. The first-order chi connectivity index (χ1) is 9.07. The molecule has 0 saturated carbocycles. The van der Waals surface area contributed by atoms with Crippen LogP contribution in [-0.2, 0) is 6.54 Å². The summed E-state index contributed by atoms with van der Waals surface area (Å²) < 4.78 is 39.0. The van der Waals surface area contributed by atoms with Crippen molar-refractivity contribution >= 4 is 0 Å². The molecule has 0 aliphatic carbocycles. The SMILES string of the molecule is FC(F)(F)C(NCc1ccccc1)c1ccccn1. The van der Waals surface area contributed by atoms with Crippen molar-refractivity contribution in [3.63, 3.8) is 0 Å². The van der Waals surface area contributed by atoms with Gasteiger partial charge in [0.15, 0.2) is 0 Å². The minimum Gasteiger partial charge on any atom is -0.297 e. The first-order valence-corrected chi connectivity index (χ1v) is 5.82. The number of halogens is 3. The van der Waals surface area contributed by atoms with Crippen molar-refractivity contribution in [3.05, 3.63) is 66.0 Å². The molecule has 0 aliphatic heterocycles. The van der Waals surface area contributed by atoms with Crippen LogP contribution in [0.4, 0.5) is 13.2 Å². The van der Waals surface area contributed by atoms with Crippen LogP contribution in [0.1, 0.15) is 17.3 Å². The van der Waals surface area contributed by atoms with E-state index < -0.39 is 12.2 Å². The molecule has 0 fully saturated rings. The van der Waals surface area contributed by atoms with E-state index in [4.69, 9.17) is 0 Å². The molecule has 2 nitrogen and oxygen atoms in total. The molecule has 1 heterocycles. The zero-order valence-corrected chi connectivity index (χ0v) is 10.1. The Balaban J connectivity index is 2.12. The summed E-state index contributed by atoms with van der Waals surface area (Å²) in [4.78, 5) is 3.78. The van der Waals surface area contributed by atoms with Crippen LogP contribution in [0.15, 0.2) is 54.7 Å². The van der Waals surface area contributed by atoms with E-state index in [1.165, 1.54) is 12.3 Å². The van der Waals surface area contributed by atoms with Crippen molar-refractivity contribution < 1.29 is 13.2 Å². The molecule has 0 aliphatic rings. The van der Waals surface area contributed by atoms with Crippen molar-refractivity contribution in [3.8, 4) is 0 Å². The molecule has 2 rings (SSSR count). The van der Waals surface area contributed by atoms with E-state index in [9.17, 15) is 13.2 Å². The maximum atomic E-state index is 13.0. The van der Waals surface area contributed by atoms with Gasteiger partial charge in [0, 0.05) is 12.7 Å². The Hall–Kier alpha value is -1.88. The van der Waals surface area contributed by atoms with Gasteiger partial charge in [0.25, 0.3) is 0 Å². The van der Waals surface area contributed by atoms with Crippen molar-refractivity contribution in [1.29, 1.82) is 0 Å². The molecular formula is C14H13F3N2. The van der Waals surface area contributed by atoms with E-state index in [-0.39, 0.29) is 12.2 Å². The van der Waals surface area contributed by atoms with Gasteiger partial charge in [-0.15, -0.1) is 0 Å². The van der Waals surface area contributed by atoms with Crippen LogP contribution in [-0.4, -0.2) is 11.2 Å². The summed E-state index contributed by atoms with van der Waals surface area (Å²) >= 11 is 0. The summed E-state index contributed by atoms with van der Waals surface area (Å²) in [6.45, 7) is 0.140. The second-order valence-corrected chi connectivity index (χ2v) is 4.10. The third kappa shape index (κ3) is 3.79. The lowest BCUT2D eigenvalue weighted by Crippen LogP contribution is -2.34. The molecule has 0 bridgehead atoms. The molecule has 0 radical (unpaired) electrons. The number of nitrogens with one attached hydrogen (secondary N) is 1. The molecule has 2 aromatic rings. The van der Waals surface area contributed by atoms with Crippen LogP contribution in [0, 0.1) is 0 Å². The summed E-state index contributed by atoms with van der Waals surface area (Å²) in [7, 11) is 0. The molecule has 100 valence electrons. The fraction of sp³-hybridized carbons (Fsp3) is 0.214. The van der Waals surface area contributed by atoms with E-state index in [1.807, 2.05) is 6.07 Å². The lowest BCUT2D eigenvalue weighted by molar-refractivity contribution is -0.159. The van der Waals surface area contributed by atoms with Gasteiger partial charge in [0.2, 0.25) is 0 Å². The van der Waals surface area contributed by atoms with Gasteiger partial charge in [-0.05, 0) is 17.7 Å². The highest BCUT2D eigenvalue weighted by Gasteiger charge is 2.41. The highest BCUT2D eigenvalue weighted by Crippen LogP contribution is 2.31. The number of nitrogens with zero attached hydrogens (tertiary/aromatic N) is 1. The lowest BCUT2D eigenvalue weighted by Gasteiger charge is -2.21. The summed E-state index contributed by atoms with van der Waals surface area (Å²) in [5.41, 5.74) is 0.776. The Morgan fingerprint density at radius 3 is 2.26 bits per heavy atom. The maximum absolute atomic E-state index is 13.0. The minimum atomic E-state index is -4.37. The molecule has 5 heteroatoms. The third-order valence-electron chi connectivity index (χ3n) is 2.66. The predicted molar refractivity (Wildman–Crippen MR) is 66.3 cm³/mol. The average Bonchev–Trinajstić information content (AvgIpc) is 2.40. The number of rotatable bonds is 4. The predicted octanol–water partition coefficient (Wildman–Crippen LogP) is 3.47. The van der Waals surface area contributed by atoms with Gasteiger partial charge in [0.05, 0.1) is 5.69 Å². The Labute approximate surface area is 109 Å². The quantitative estimate of drug-likeness (QED) is 0.916. The van der Waals surface area contributed by atoms with Gasteiger partial charge in [-0.25, -0.2) is 0 Å². The van der Waals surface area contributed by atoms with Crippen molar-refractivity contribution in [2.75, 3.05) is 0 Å². The zero-order valence-electron chi connectivity index (χ0n) is 10.1. The van der Waals surface area contributed by atoms with Crippen LogP contribution in [0.3, 0.4) is 0 Å². The van der Waals surface area contributed by atoms with Gasteiger partial charge in [-0.3, -0.25) is 10.3 Å². The molecule has 0 spiro atoms. The van der Waals surface area contributed by atoms with Crippen LogP contribution >= 0.6 is 0 Å². The maximum Gasteiger partial charge on any atom is 0.409 e. The normalized spacial score (nSPS) is 13.2. The third-order valence-corrected chi connectivity index (χ3v) is 2.66. The largest absolute Gasteiger partial charge is 0.409 e. The first kappa shape index (κ1) is 13.5.